The summed E-state index contributed by atoms with van der Waals surface area (Å²) >= 11 is 0. The van der Waals surface area contributed by atoms with Gasteiger partial charge < -0.3 is 9.84 Å². The maximum atomic E-state index is 11.3. The molecule has 1 N–H and O–H groups in total. The van der Waals surface area contributed by atoms with Crippen molar-refractivity contribution in [1.29, 1.82) is 0 Å². The Labute approximate surface area is 124 Å². The molecule has 1 fully saturated rings. The van der Waals surface area contributed by atoms with E-state index in [1.165, 1.54) is 19.3 Å². The molecule has 0 saturated heterocycles. The molecule has 1 aliphatic rings. The summed E-state index contributed by atoms with van der Waals surface area (Å²) in [4.78, 5) is 11.3. The first kappa shape index (κ1) is 13.9. The van der Waals surface area contributed by atoms with Crippen LogP contribution in [0.15, 0.2) is 36.4 Å². The number of hydrogen-bond acceptors (Lipinski definition) is 2. The predicted molar refractivity (Wildman–Crippen MR) is 83.0 cm³/mol. The zero-order valence-corrected chi connectivity index (χ0v) is 12.2. The second kappa shape index (κ2) is 5.76. The van der Waals surface area contributed by atoms with E-state index >= 15 is 0 Å². The van der Waals surface area contributed by atoms with Crippen molar-refractivity contribution in [3.63, 3.8) is 0 Å². The molecular formula is C18H20O3. The summed E-state index contributed by atoms with van der Waals surface area (Å²) in [5, 5.41) is 10.9. The van der Waals surface area contributed by atoms with E-state index < -0.39 is 5.97 Å². The molecule has 3 heteroatoms. The summed E-state index contributed by atoms with van der Waals surface area (Å²) in [6.07, 6.45) is 5.00. The number of aromatic carboxylic acids is 1. The number of rotatable bonds is 3. The average molecular weight is 284 g/mol. The lowest BCUT2D eigenvalue weighted by Gasteiger charge is -2.29. The van der Waals surface area contributed by atoms with Crippen LogP contribution in [0.25, 0.3) is 10.8 Å². The lowest BCUT2D eigenvalue weighted by molar-refractivity contribution is 0.0699. The maximum absolute atomic E-state index is 11.3. The highest BCUT2D eigenvalue weighted by molar-refractivity contribution is 6.05. The van der Waals surface area contributed by atoms with Crippen LogP contribution >= 0.6 is 0 Å². The van der Waals surface area contributed by atoms with E-state index in [9.17, 15) is 9.90 Å². The molecule has 21 heavy (non-hydrogen) atoms. The first-order valence-electron chi connectivity index (χ1n) is 7.58. The molecule has 0 radical (unpaired) electrons. The van der Waals surface area contributed by atoms with Crippen LogP contribution in [-0.2, 0) is 0 Å². The Morgan fingerprint density at radius 2 is 1.81 bits per heavy atom. The van der Waals surface area contributed by atoms with Crippen LogP contribution in [0, 0.1) is 5.92 Å². The molecule has 3 nitrogen and oxygen atoms in total. The molecule has 0 bridgehead atoms. The second-order valence-electron chi connectivity index (χ2n) is 5.88. The highest BCUT2D eigenvalue weighted by Crippen LogP contribution is 2.33. The minimum Gasteiger partial charge on any atom is -0.490 e. The van der Waals surface area contributed by atoms with Crippen molar-refractivity contribution in [3.05, 3.63) is 42.0 Å². The highest BCUT2D eigenvalue weighted by Gasteiger charge is 2.23. The Morgan fingerprint density at radius 1 is 1.10 bits per heavy atom. The molecule has 0 aromatic heterocycles. The Morgan fingerprint density at radius 3 is 2.52 bits per heavy atom. The molecule has 2 aromatic rings. The first-order valence-corrected chi connectivity index (χ1v) is 7.58. The number of hydrogen-bond donors (Lipinski definition) is 1. The Balaban J connectivity index is 1.99. The van der Waals surface area contributed by atoms with E-state index in [4.69, 9.17) is 4.74 Å². The van der Waals surface area contributed by atoms with Crippen molar-refractivity contribution in [2.24, 2.45) is 5.92 Å². The standard InChI is InChI=1S/C18H20O3/c1-12-6-2-5-9-16(12)21-17-11-10-15(18(19)20)13-7-3-4-8-14(13)17/h3-4,7-8,10-12,16H,2,5-6,9H2,1H3,(H,19,20). The molecule has 3 rings (SSSR count). The molecule has 110 valence electrons. The van der Waals surface area contributed by atoms with Gasteiger partial charge in [0, 0.05) is 5.39 Å². The monoisotopic (exact) mass is 284 g/mol. The van der Waals surface area contributed by atoms with Crippen LogP contribution in [-0.4, -0.2) is 17.2 Å². The van der Waals surface area contributed by atoms with Gasteiger partial charge in [0.25, 0.3) is 0 Å². The fourth-order valence-corrected chi connectivity index (χ4v) is 3.18. The molecule has 2 unspecified atom stereocenters. The van der Waals surface area contributed by atoms with Gasteiger partial charge in [0.1, 0.15) is 11.9 Å². The largest absolute Gasteiger partial charge is 0.490 e. The third kappa shape index (κ3) is 2.73. The van der Waals surface area contributed by atoms with E-state index in [0.29, 0.717) is 11.5 Å². The van der Waals surface area contributed by atoms with Gasteiger partial charge in [0.05, 0.1) is 5.56 Å². The summed E-state index contributed by atoms with van der Waals surface area (Å²) in [5.41, 5.74) is 0.328. The Kier molecular flexibility index (Phi) is 3.82. The maximum Gasteiger partial charge on any atom is 0.336 e. The molecule has 0 aliphatic heterocycles. The molecule has 0 heterocycles. The normalized spacial score (nSPS) is 22.1. The number of carboxylic acids is 1. The Bertz CT molecular complexity index is 663. The van der Waals surface area contributed by atoms with Gasteiger partial charge in [0.2, 0.25) is 0 Å². The van der Waals surface area contributed by atoms with Crippen LogP contribution in [0.2, 0.25) is 0 Å². The molecule has 2 atom stereocenters. The van der Waals surface area contributed by atoms with E-state index in [1.54, 1.807) is 12.1 Å². The van der Waals surface area contributed by atoms with Crippen LogP contribution in [0.5, 0.6) is 5.75 Å². The third-order valence-electron chi connectivity index (χ3n) is 4.43. The number of fused-ring (bicyclic) bond motifs is 1. The van der Waals surface area contributed by atoms with E-state index in [-0.39, 0.29) is 6.10 Å². The van der Waals surface area contributed by atoms with Gasteiger partial charge in [0.15, 0.2) is 0 Å². The lowest BCUT2D eigenvalue weighted by Crippen LogP contribution is -2.28. The quantitative estimate of drug-likeness (QED) is 0.903. The summed E-state index contributed by atoms with van der Waals surface area (Å²) in [6.45, 7) is 2.23. The molecule has 0 amide bonds. The molecule has 0 spiro atoms. The van der Waals surface area contributed by atoms with Gasteiger partial charge in [-0.15, -0.1) is 0 Å². The van der Waals surface area contributed by atoms with Gasteiger partial charge in [-0.1, -0.05) is 37.6 Å². The van der Waals surface area contributed by atoms with Gasteiger partial charge >= 0.3 is 5.97 Å². The van der Waals surface area contributed by atoms with Crippen LogP contribution < -0.4 is 4.74 Å². The molecule has 1 aliphatic carbocycles. The van der Waals surface area contributed by atoms with E-state index in [1.807, 2.05) is 24.3 Å². The number of ether oxygens (including phenoxy) is 1. The topological polar surface area (TPSA) is 46.5 Å². The smallest absolute Gasteiger partial charge is 0.336 e. The molecule has 2 aromatic carbocycles. The van der Waals surface area contributed by atoms with Crippen molar-refractivity contribution >= 4 is 16.7 Å². The minimum absolute atomic E-state index is 0.234. The molecular weight excluding hydrogens is 264 g/mol. The van der Waals surface area contributed by atoms with Crippen LogP contribution in [0.3, 0.4) is 0 Å². The minimum atomic E-state index is -0.899. The van der Waals surface area contributed by atoms with Crippen molar-refractivity contribution < 1.29 is 14.6 Å². The third-order valence-corrected chi connectivity index (χ3v) is 4.43. The summed E-state index contributed by atoms with van der Waals surface area (Å²) in [6, 6.07) is 11.0. The summed E-state index contributed by atoms with van der Waals surface area (Å²) in [5.74, 6) is 0.454. The van der Waals surface area contributed by atoms with Crippen LogP contribution in [0.1, 0.15) is 43.0 Å². The van der Waals surface area contributed by atoms with Gasteiger partial charge in [-0.2, -0.15) is 0 Å². The van der Waals surface area contributed by atoms with Gasteiger partial charge in [-0.25, -0.2) is 4.79 Å². The first-order chi connectivity index (χ1) is 10.2. The fraction of sp³-hybridized carbons (Fsp3) is 0.389. The Hall–Kier alpha value is -2.03. The number of benzene rings is 2. The summed E-state index contributed by atoms with van der Waals surface area (Å²) in [7, 11) is 0. The van der Waals surface area contributed by atoms with Crippen molar-refractivity contribution in [2.75, 3.05) is 0 Å². The second-order valence-corrected chi connectivity index (χ2v) is 5.88. The van der Waals surface area contributed by atoms with Gasteiger partial charge in [-0.05, 0) is 42.7 Å². The number of carboxylic acid groups (broad SMARTS) is 1. The lowest BCUT2D eigenvalue weighted by atomic mass is 9.88. The summed E-state index contributed by atoms with van der Waals surface area (Å²) < 4.78 is 6.22. The van der Waals surface area contributed by atoms with E-state index in [0.717, 1.165) is 22.9 Å². The zero-order valence-electron chi connectivity index (χ0n) is 12.2. The van der Waals surface area contributed by atoms with Crippen molar-refractivity contribution in [2.45, 2.75) is 38.7 Å². The van der Waals surface area contributed by atoms with Crippen LogP contribution in [0.4, 0.5) is 0 Å². The SMILES string of the molecule is CC1CCCCC1Oc1ccc(C(=O)O)c2ccccc12. The van der Waals surface area contributed by atoms with E-state index in [2.05, 4.69) is 6.92 Å². The van der Waals surface area contributed by atoms with Gasteiger partial charge in [-0.3, -0.25) is 0 Å². The van der Waals surface area contributed by atoms with Crippen molar-refractivity contribution in [1.82, 2.24) is 0 Å². The zero-order chi connectivity index (χ0) is 14.8. The predicted octanol–water partition coefficient (Wildman–Crippen LogP) is 4.50. The highest BCUT2D eigenvalue weighted by atomic mass is 16.5. The van der Waals surface area contributed by atoms with Crippen molar-refractivity contribution in [3.8, 4) is 5.75 Å². The average Bonchev–Trinajstić information content (AvgIpc) is 2.49. The fourth-order valence-electron chi connectivity index (χ4n) is 3.18. The number of carbonyl (C=O) groups is 1. The molecule has 1 saturated carbocycles.